The van der Waals surface area contributed by atoms with Crippen molar-refractivity contribution in [3.8, 4) is 0 Å². The first-order chi connectivity index (χ1) is 8.62. The number of oxime groups is 1. The van der Waals surface area contributed by atoms with Gasteiger partial charge in [0, 0.05) is 13.5 Å². The maximum absolute atomic E-state index is 12.2. The molecule has 102 valence electrons. The van der Waals surface area contributed by atoms with Crippen LogP contribution >= 0.6 is 0 Å². The van der Waals surface area contributed by atoms with Crippen molar-refractivity contribution in [3.05, 3.63) is 0 Å². The largest absolute Gasteiger partial charge is 0.460 e. The van der Waals surface area contributed by atoms with Gasteiger partial charge < -0.3 is 14.3 Å². The molecule has 0 radical (unpaired) electrons. The fourth-order valence-corrected chi connectivity index (χ4v) is 2.80. The molecule has 0 aromatic rings. The molecule has 0 spiro atoms. The molecular weight excluding hydrogens is 234 g/mol. The number of esters is 1. The quantitative estimate of drug-likeness (QED) is 0.555. The lowest BCUT2D eigenvalue weighted by atomic mass is 9.83. The van der Waals surface area contributed by atoms with Gasteiger partial charge in [0.05, 0.1) is 18.2 Å². The normalized spacial score (nSPS) is 30.0. The highest BCUT2D eigenvalue weighted by atomic mass is 16.7. The van der Waals surface area contributed by atoms with E-state index in [9.17, 15) is 4.79 Å². The Bertz CT molecular complexity index is 353. The minimum absolute atomic E-state index is 0.0903. The zero-order valence-electron chi connectivity index (χ0n) is 11.3. The van der Waals surface area contributed by atoms with E-state index in [2.05, 4.69) is 19.0 Å². The van der Waals surface area contributed by atoms with Gasteiger partial charge in [-0.2, -0.15) is 0 Å². The maximum atomic E-state index is 12.2. The van der Waals surface area contributed by atoms with Crippen LogP contribution in [0.5, 0.6) is 0 Å². The molecule has 18 heavy (non-hydrogen) atoms. The molecule has 2 atom stereocenters. The summed E-state index contributed by atoms with van der Waals surface area (Å²) in [5.41, 5.74) is 0.143. The molecule has 0 bridgehead atoms. The van der Waals surface area contributed by atoms with Gasteiger partial charge in [0.15, 0.2) is 0 Å². The molecule has 5 heteroatoms. The number of methoxy groups -OCH3 is 1. The average Bonchev–Trinajstić information content (AvgIpc) is 2.86. The predicted molar refractivity (Wildman–Crippen MR) is 66.3 cm³/mol. The molecule has 1 aliphatic carbocycles. The lowest BCUT2D eigenvalue weighted by Crippen LogP contribution is -2.45. The van der Waals surface area contributed by atoms with E-state index in [4.69, 9.17) is 14.3 Å². The number of carbonyl (C=O) groups is 1. The van der Waals surface area contributed by atoms with Crippen molar-refractivity contribution in [2.75, 3.05) is 20.3 Å². The number of hydrogen-bond donors (Lipinski definition) is 0. The Morgan fingerprint density at radius 1 is 1.56 bits per heavy atom. The Labute approximate surface area is 107 Å². The van der Waals surface area contributed by atoms with E-state index in [1.807, 2.05) is 0 Å². The third-order valence-corrected chi connectivity index (χ3v) is 3.73. The molecule has 2 aliphatic rings. The Hall–Kier alpha value is -1.10. The first-order valence-electron chi connectivity index (χ1n) is 6.54. The summed E-state index contributed by atoms with van der Waals surface area (Å²) >= 11 is 0. The van der Waals surface area contributed by atoms with Crippen LogP contribution in [0, 0.1) is 11.8 Å². The summed E-state index contributed by atoms with van der Waals surface area (Å²) in [4.78, 5) is 17.7. The highest BCUT2D eigenvalue weighted by Crippen LogP contribution is 2.46. The van der Waals surface area contributed by atoms with Gasteiger partial charge in [-0.25, -0.2) is 4.79 Å². The second-order valence-corrected chi connectivity index (χ2v) is 5.23. The fraction of sp³-hybridized carbons (Fsp3) is 0.846. The summed E-state index contributed by atoms with van der Waals surface area (Å²) in [6, 6.07) is 0. The van der Waals surface area contributed by atoms with E-state index in [1.54, 1.807) is 7.11 Å². The first kappa shape index (κ1) is 13.3. The van der Waals surface area contributed by atoms with Gasteiger partial charge in [-0.15, -0.1) is 0 Å². The van der Waals surface area contributed by atoms with Crippen LogP contribution in [0.25, 0.3) is 0 Å². The van der Waals surface area contributed by atoms with Crippen molar-refractivity contribution >= 4 is 11.7 Å². The van der Waals surface area contributed by atoms with E-state index < -0.39 is 5.60 Å². The van der Waals surface area contributed by atoms with Gasteiger partial charge >= 0.3 is 5.97 Å². The highest BCUT2D eigenvalue weighted by molar-refractivity contribution is 5.97. The highest BCUT2D eigenvalue weighted by Gasteiger charge is 2.59. The standard InChI is InChI=1S/C13H21NO4/c1-9(2)11-10-5-4-6-13(10,18-14-11)12(15)17-8-7-16-3/h9-10H,4-8H2,1-3H3. The summed E-state index contributed by atoms with van der Waals surface area (Å²) in [7, 11) is 1.58. The molecule has 1 fully saturated rings. The van der Waals surface area contributed by atoms with Crippen molar-refractivity contribution in [2.45, 2.75) is 38.7 Å². The molecule has 1 heterocycles. The van der Waals surface area contributed by atoms with Crippen molar-refractivity contribution in [1.82, 2.24) is 0 Å². The van der Waals surface area contributed by atoms with Crippen LogP contribution in [0.3, 0.4) is 0 Å². The number of ether oxygens (including phenoxy) is 2. The monoisotopic (exact) mass is 255 g/mol. The van der Waals surface area contributed by atoms with Crippen molar-refractivity contribution in [3.63, 3.8) is 0 Å². The average molecular weight is 255 g/mol. The fourth-order valence-electron chi connectivity index (χ4n) is 2.80. The Morgan fingerprint density at radius 3 is 3.00 bits per heavy atom. The number of hydrogen-bond acceptors (Lipinski definition) is 5. The molecule has 2 unspecified atom stereocenters. The van der Waals surface area contributed by atoms with E-state index >= 15 is 0 Å². The van der Waals surface area contributed by atoms with Crippen molar-refractivity contribution < 1.29 is 19.1 Å². The number of nitrogens with zero attached hydrogens (tertiary/aromatic N) is 1. The molecule has 0 amide bonds. The SMILES string of the molecule is COCCOC(=O)C12CCCC1C(C(C)C)=NO2. The lowest BCUT2D eigenvalue weighted by Gasteiger charge is -2.25. The van der Waals surface area contributed by atoms with E-state index in [-0.39, 0.29) is 18.5 Å². The molecule has 1 saturated carbocycles. The van der Waals surface area contributed by atoms with Gasteiger partial charge in [0.2, 0.25) is 5.60 Å². The minimum atomic E-state index is -0.854. The second kappa shape index (κ2) is 5.26. The summed E-state index contributed by atoms with van der Waals surface area (Å²) in [5, 5.41) is 4.13. The van der Waals surface area contributed by atoms with Crippen molar-refractivity contribution in [1.29, 1.82) is 0 Å². The van der Waals surface area contributed by atoms with Gasteiger partial charge in [-0.1, -0.05) is 19.0 Å². The minimum Gasteiger partial charge on any atom is -0.460 e. The Kier molecular flexibility index (Phi) is 3.90. The van der Waals surface area contributed by atoms with E-state index in [1.165, 1.54) is 0 Å². The molecule has 5 nitrogen and oxygen atoms in total. The van der Waals surface area contributed by atoms with Crippen molar-refractivity contribution in [2.24, 2.45) is 17.0 Å². The predicted octanol–water partition coefficient (Wildman–Crippen LogP) is 1.76. The number of rotatable bonds is 5. The summed E-state index contributed by atoms with van der Waals surface area (Å²) < 4.78 is 10.1. The molecular formula is C13H21NO4. The summed E-state index contributed by atoms with van der Waals surface area (Å²) in [6.45, 7) is 4.83. The third-order valence-electron chi connectivity index (χ3n) is 3.73. The molecule has 2 rings (SSSR count). The third kappa shape index (κ3) is 2.11. The zero-order valence-corrected chi connectivity index (χ0v) is 11.3. The lowest BCUT2D eigenvalue weighted by molar-refractivity contribution is -0.173. The Balaban J connectivity index is 2.05. The molecule has 1 aliphatic heterocycles. The van der Waals surface area contributed by atoms with Gasteiger partial charge in [-0.05, 0) is 18.8 Å². The first-order valence-corrected chi connectivity index (χ1v) is 6.54. The van der Waals surface area contributed by atoms with Crippen LogP contribution in [0.15, 0.2) is 5.16 Å². The molecule has 0 aromatic heterocycles. The van der Waals surface area contributed by atoms with Crippen LogP contribution in [-0.2, 0) is 19.1 Å². The van der Waals surface area contributed by atoms with Crippen LogP contribution < -0.4 is 0 Å². The van der Waals surface area contributed by atoms with Crippen LogP contribution in [0.2, 0.25) is 0 Å². The topological polar surface area (TPSA) is 57.1 Å². The molecule has 0 N–H and O–H groups in total. The van der Waals surface area contributed by atoms with E-state index in [0.29, 0.717) is 18.9 Å². The number of carbonyl (C=O) groups excluding carboxylic acids is 1. The second-order valence-electron chi connectivity index (χ2n) is 5.23. The smallest absolute Gasteiger partial charge is 0.354 e. The van der Waals surface area contributed by atoms with E-state index in [0.717, 1.165) is 18.6 Å². The Morgan fingerprint density at radius 2 is 2.33 bits per heavy atom. The maximum Gasteiger partial charge on any atom is 0.354 e. The summed E-state index contributed by atoms with van der Waals surface area (Å²) in [6.07, 6.45) is 2.63. The van der Waals surface area contributed by atoms with Gasteiger partial charge in [-0.3, -0.25) is 0 Å². The summed E-state index contributed by atoms with van der Waals surface area (Å²) in [5.74, 6) is 0.107. The zero-order chi connectivity index (χ0) is 13.2. The van der Waals surface area contributed by atoms with Gasteiger partial charge in [0.1, 0.15) is 6.61 Å². The van der Waals surface area contributed by atoms with Crippen LogP contribution in [0.4, 0.5) is 0 Å². The van der Waals surface area contributed by atoms with Crippen LogP contribution in [-0.4, -0.2) is 37.6 Å². The molecule has 0 aromatic carbocycles. The van der Waals surface area contributed by atoms with Crippen LogP contribution in [0.1, 0.15) is 33.1 Å². The number of fused-ring (bicyclic) bond motifs is 1. The van der Waals surface area contributed by atoms with Gasteiger partial charge in [0.25, 0.3) is 0 Å². The molecule has 0 saturated heterocycles.